The number of benzene rings is 3. The van der Waals surface area contributed by atoms with E-state index in [-0.39, 0.29) is 12.5 Å². The molecule has 1 saturated heterocycles. The van der Waals surface area contributed by atoms with E-state index in [2.05, 4.69) is 10.6 Å². The van der Waals surface area contributed by atoms with Crippen molar-refractivity contribution in [2.75, 3.05) is 25.1 Å². The summed E-state index contributed by atoms with van der Waals surface area (Å²) in [6.45, 7) is 1.00. The third kappa shape index (κ3) is 5.47. The van der Waals surface area contributed by atoms with Crippen molar-refractivity contribution in [1.29, 1.82) is 0 Å². The van der Waals surface area contributed by atoms with Crippen LogP contribution in [0.15, 0.2) is 72.8 Å². The summed E-state index contributed by atoms with van der Waals surface area (Å²) in [4.78, 5) is 37.0. The zero-order valence-electron chi connectivity index (χ0n) is 19.9. The first-order valence-corrected chi connectivity index (χ1v) is 12.0. The number of rotatable bonds is 8. The second kappa shape index (κ2) is 10.8. The third-order valence-corrected chi connectivity index (χ3v) is 6.38. The van der Waals surface area contributed by atoms with Gasteiger partial charge in [0.15, 0.2) is 6.29 Å². The first kappa shape index (κ1) is 24.5. The zero-order valence-corrected chi connectivity index (χ0v) is 19.9. The minimum absolute atomic E-state index is 0.0463. The van der Waals surface area contributed by atoms with Crippen molar-refractivity contribution in [2.45, 2.75) is 24.7 Å². The molecule has 3 aromatic carbocycles. The highest BCUT2D eigenvalue weighted by atomic mass is 16.7. The van der Waals surface area contributed by atoms with Crippen LogP contribution in [0.2, 0.25) is 0 Å². The van der Waals surface area contributed by atoms with Crippen molar-refractivity contribution in [2.24, 2.45) is 0 Å². The number of alkyl carbamates (subject to hydrolysis) is 1. The molecule has 5 rings (SSSR count). The van der Waals surface area contributed by atoms with Gasteiger partial charge in [-0.25, -0.2) is 4.79 Å². The van der Waals surface area contributed by atoms with Gasteiger partial charge in [-0.05, 0) is 34.4 Å². The normalized spacial score (nSPS) is 15.5. The van der Waals surface area contributed by atoms with E-state index < -0.39 is 36.7 Å². The van der Waals surface area contributed by atoms with Crippen molar-refractivity contribution in [3.8, 4) is 11.1 Å². The fourth-order valence-electron chi connectivity index (χ4n) is 4.71. The smallest absolute Gasteiger partial charge is 0.407 e. The number of carboxylic acids is 1. The van der Waals surface area contributed by atoms with Crippen molar-refractivity contribution in [3.05, 3.63) is 89.5 Å². The fraction of sp³-hybridized carbons (Fsp3) is 0.250. The maximum absolute atomic E-state index is 12.9. The van der Waals surface area contributed by atoms with Gasteiger partial charge in [0.25, 0.3) is 0 Å². The van der Waals surface area contributed by atoms with Crippen LogP contribution in [-0.2, 0) is 23.8 Å². The topological polar surface area (TPSA) is 123 Å². The van der Waals surface area contributed by atoms with E-state index in [4.69, 9.17) is 14.2 Å². The molecule has 2 amide bonds. The molecule has 1 unspecified atom stereocenters. The van der Waals surface area contributed by atoms with Crippen LogP contribution in [0.5, 0.6) is 0 Å². The minimum atomic E-state index is -1.34. The number of ether oxygens (including phenoxy) is 3. The Kier molecular flexibility index (Phi) is 7.16. The monoisotopic (exact) mass is 502 g/mol. The molecule has 3 aromatic rings. The summed E-state index contributed by atoms with van der Waals surface area (Å²) in [5, 5.41) is 14.4. The Bertz CT molecular complexity index is 1270. The molecule has 190 valence electrons. The summed E-state index contributed by atoms with van der Waals surface area (Å²) in [7, 11) is 0. The summed E-state index contributed by atoms with van der Waals surface area (Å²) in [5.41, 5.74) is 5.41. The fourth-order valence-corrected chi connectivity index (χ4v) is 4.71. The Morgan fingerprint density at radius 2 is 1.57 bits per heavy atom. The van der Waals surface area contributed by atoms with Crippen LogP contribution >= 0.6 is 0 Å². The van der Waals surface area contributed by atoms with Crippen LogP contribution in [-0.4, -0.2) is 48.9 Å². The number of carbonyl (C=O) groups is 3. The molecule has 0 aromatic heterocycles. The summed E-state index contributed by atoms with van der Waals surface area (Å²) in [6, 6.07) is 21.4. The number of carboxylic acid groups (broad SMARTS) is 1. The van der Waals surface area contributed by atoms with E-state index in [9.17, 15) is 19.5 Å². The van der Waals surface area contributed by atoms with E-state index in [0.29, 0.717) is 18.9 Å². The number of nitrogens with one attached hydrogen (secondary N) is 2. The number of anilines is 1. The van der Waals surface area contributed by atoms with Gasteiger partial charge < -0.3 is 30.0 Å². The number of carbonyl (C=O) groups excluding carboxylic acids is 2. The van der Waals surface area contributed by atoms with Gasteiger partial charge in [-0.3, -0.25) is 9.59 Å². The highest BCUT2D eigenvalue weighted by Gasteiger charge is 2.30. The highest BCUT2D eigenvalue weighted by Crippen LogP contribution is 2.44. The SMILES string of the molecule is O=C(O)CC(NC(=O)OCC1c2ccccc2-c2ccccc21)C(=O)Nc1cccc(C2OCCO2)c1. The molecule has 9 nitrogen and oxygen atoms in total. The van der Waals surface area contributed by atoms with E-state index in [1.165, 1.54) is 0 Å². The number of aliphatic carboxylic acids is 1. The first-order chi connectivity index (χ1) is 18.0. The largest absolute Gasteiger partial charge is 0.481 e. The molecule has 1 atom stereocenters. The van der Waals surface area contributed by atoms with Gasteiger partial charge in [0.2, 0.25) is 5.91 Å². The number of fused-ring (bicyclic) bond motifs is 3. The molecule has 1 heterocycles. The average molecular weight is 503 g/mol. The van der Waals surface area contributed by atoms with Crippen LogP contribution in [0, 0.1) is 0 Å². The van der Waals surface area contributed by atoms with Crippen LogP contribution < -0.4 is 10.6 Å². The Balaban J connectivity index is 1.24. The van der Waals surface area contributed by atoms with Crippen molar-refractivity contribution in [1.82, 2.24) is 5.32 Å². The highest BCUT2D eigenvalue weighted by molar-refractivity contribution is 5.98. The van der Waals surface area contributed by atoms with Gasteiger partial charge in [0.1, 0.15) is 12.6 Å². The van der Waals surface area contributed by atoms with Crippen molar-refractivity contribution >= 4 is 23.7 Å². The Morgan fingerprint density at radius 3 is 2.22 bits per heavy atom. The minimum Gasteiger partial charge on any atom is -0.481 e. The van der Waals surface area contributed by atoms with Crippen molar-refractivity contribution < 1.29 is 33.7 Å². The lowest BCUT2D eigenvalue weighted by Gasteiger charge is -2.19. The zero-order chi connectivity index (χ0) is 25.8. The molecule has 3 N–H and O–H groups in total. The molecular weight excluding hydrogens is 476 g/mol. The Morgan fingerprint density at radius 1 is 0.919 bits per heavy atom. The second-order valence-corrected chi connectivity index (χ2v) is 8.81. The lowest BCUT2D eigenvalue weighted by Crippen LogP contribution is -2.45. The van der Waals surface area contributed by atoms with Gasteiger partial charge >= 0.3 is 12.1 Å². The standard InChI is InChI=1S/C28H26N2O7/c31-25(32)15-24(26(33)29-18-7-5-6-17(14-18)27-35-12-13-36-27)30-28(34)37-16-23-21-10-3-1-8-19(21)20-9-2-4-11-22(20)23/h1-11,14,23-24,27H,12-13,15-16H2,(H,29,33)(H,30,34)(H,31,32). The van der Waals surface area contributed by atoms with Gasteiger partial charge in [0.05, 0.1) is 19.6 Å². The van der Waals surface area contributed by atoms with E-state index in [1.807, 2.05) is 48.5 Å². The third-order valence-electron chi connectivity index (χ3n) is 6.38. The molecule has 0 bridgehead atoms. The second-order valence-electron chi connectivity index (χ2n) is 8.81. The van der Waals surface area contributed by atoms with Crippen LogP contribution in [0.4, 0.5) is 10.5 Å². The number of hydrogen-bond donors (Lipinski definition) is 3. The maximum Gasteiger partial charge on any atom is 0.407 e. The lowest BCUT2D eigenvalue weighted by molar-refractivity contribution is -0.139. The van der Waals surface area contributed by atoms with Crippen molar-refractivity contribution in [3.63, 3.8) is 0 Å². The molecule has 1 fully saturated rings. The summed E-state index contributed by atoms with van der Waals surface area (Å²) in [5.74, 6) is -2.07. The van der Waals surface area contributed by atoms with Gasteiger partial charge in [-0.2, -0.15) is 0 Å². The molecule has 2 aliphatic rings. The van der Waals surface area contributed by atoms with E-state index in [1.54, 1.807) is 24.3 Å². The Labute approximate surface area is 213 Å². The molecule has 1 aliphatic heterocycles. The summed E-state index contributed by atoms with van der Waals surface area (Å²) in [6.07, 6.45) is -2.00. The molecule has 0 saturated carbocycles. The number of amides is 2. The molecule has 9 heteroatoms. The summed E-state index contributed by atoms with van der Waals surface area (Å²) < 4.78 is 16.4. The number of hydrogen-bond acceptors (Lipinski definition) is 6. The van der Waals surface area contributed by atoms with Crippen LogP contribution in [0.3, 0.4) is 0 Å². The Hall–Kier alpha value is -4.21. The molecule has 37 heavy (non-hydrogen) atoms. The van der Waals surface area contributed by atoms with Gasteiger partial charge in [-0.15, -0.1) is 0 Å². The van der Waals surface area contributed by atoms with Gasteiger partial charge in [-0.1, -0.05) is 60.7 Å². The predicted octanol–water partition coefficient (Wildman–Crippen LogP) is 4.05. The maximum atomic E-state index is 12.9. The van der Waals surface area contributed by atoms with E-state index in [0.717, 1.165) is 27.8 Å². The van der Waals surface area contributed by atoms with Crippen LogP contribution in [0.1, 0.15) is 35.3 Å². The van der Waals surface area contributed by atoms with Crippen LogP contribution in [0.25, 0.3) is 11.1 Å². The lowest BCUT2D eigenvalue weighted by atomic mass is 9.98. The van der Waals surface area contributed by atoms with Gasteiger partial charge in [0, 0.05) is 17.2 Å². The molecule has 0 spiro atoms. The predicted molar refractivity (Wildman–Crippen MR) is 134 cm³/mol. The first-order valence-electron chi connectivity index (χ1n) is 12.0. The average Bonchev–Trinajstić information content (AvgIpc) is 3.54. The van der Waals surface area contributed by atoms with E-state index >= 15 is 0 Å². The molecule has 1 aliphatic carbocycles. The molecule has 0 radical (unpaired) electrons. The quantitative estimate of drug-likeness (QED) is 0.425. The summed E-state index contributed by atoms with van der Waals surface area (Å²) >= 11 is 0. The molecular formula is C28H26N2O7.